The van der Waals surface area contributed by atoms with Crippen LogP contribution in [0.25, 0.3) is 0 Å². The fourth-order valence-corrected chi connectivity index (χ4v) is 4.90. The van der Waals surface area contributed by atoms with Crippen LogP contribution in [0.5, 0.6) is 0 Å². The molecule has 0 saturated carbocycles. The van der Waals surface area contributed by atoms with Crippen LogP contribution in [0, 0.1) is 0 Å². The number of hydrogen-bond donors (Lipinski definition) is 0. The van der Waals surface area contributed by atoms with Crippen LogP contribution < -0.4 is 4.46 Å². The summed E-state index contributed by atoms with van der Waals surface area (Å²) in [4.78, 5) is 0. The van der Waals surface area contributed by atoms with Gasteiger partial charge >= 0.3 is 94.2 Å². The van der Waals surface area contributed by atoms with E-state index in [0.717, 1.165) is 16.8 Å². The number of benzene rings is 1. The Morgan fingerprint density at radius 3 is 2.71 bits per heavy atom. The van der Waals surface area contributed by atoms with Crippen LogP contribution in [-0.4, -0.2) is 29.6 Å². The first kappa shape index (κ1) is 11.7. The predicted molar refractivity (Wildman–Crippen MR) is 64.5 cm³/mol. The minimum atomic E-state index is -0.664. The second kappa shape index (κ2) is 6.99. The summed E-state index contributed by atoms with van der Waals surface area (Å²) < 4.78 is 13.6. The van der Waals surface area contributed by atoms with Crippen LogP contribution in [0.3, 0.4) is 0 Å². The molecule has 0 aromatic heterocycles. The molecule has 0 aliphatic carbocycles. The van der Waals surface area contributed by atoms with Crippen LogP contribution in [0.4, 0.5) is 0 Å². The van der Waals surface area contributed by atoms with Crippen molar-refractivity contribution in [3.63, 3.8) is 0 Å². The Kier molecular flexibility index (Phi) is 5.84. The molecule has 0 heterocycles. The Hall–Kier alpha value is -0.371. The van der Waals surface area contributed by atoms with Crippen molar-refractivity contribution < 1.29 is 4.21 Å². The summed E-state index contributed by atoms with van der Waals surface area (Å²) in [7, 11) is -0.664. The molecule has 0 aliphatic heterocycles. The number of rotatable bonds is 6. The van der Waals surface area contributed by atoms with Gasteiger partial charge in [0.2, 0.25) is 0 Å². The number of hydrogen-bond acceptors (Lipinski definition) is 1. The van der Waals surface area contributed by atoms with Crippen molar-refractivity contribution in [1.29, 1.82) is 0 Å². The summed E-state index contributed by atoms with van der Waals surface area (Å²) in [6, 6.07) is 10.3. The Bertz CT molecular complexity index is 297. The molecular formula is C11H14OSSe. The SMILES string of the molecule is C=CCCS(=O)C[Se]c1ccccc1. The summed E-state index contributed by atoms with van der Waals surface area (Å²) in [6.45, 7) is 3.62. The summed E-state index contributed by atoms with van der Waals surface area (Å²) in [5.74, 6) is 0.762. The first-order valence-corrected chi connectivity index (χ1v) is 8.02. The van der Waals surface area contributed by atoms with Crippen LogP contribution in [0.15, 0.2) is 43.0 Å². The maximum atomic E-state index is 11.5. The van der Waals surface area contributed by atoms with Crippen LogP contribution in [0.2, 0.25) is 0 Å². The topological polar surface area (TPSA) is 17.1 Å². The molecule has 0 fully saturated rings. The van der Waals surface area contributed by atoms with Gasteiger partial charge in [-0.15, -0.1) is 0 Å². The van der Waals surface area contributed by atoms with E-state index in [1.807, 2.05) is 24.3 Å². The van der Waals surface area contributed by atoms with E-state index in [-0.39, 0.29) is 0 Å². The van der Waals surface area contributed by atoms with Crippen molar-refractivity contribution in [2.75, 3.05) is 10.4 Å². The third kappa shape index (κ3) is 4.75. The maximum absolute atomic E-state index is 11.5. The van der Waals surface area contributed by atoms with E-state index in [9.17, 15) is 4.21 Å². The van der Waals surface area contributed by atoms with Gasteiger partial charge in [-0.3, -0.25) is 0 Å². The van der Waals surface area contributed by atoms with E-state index in [1.165, 1.54) is 4.46 Å². The molecule has 0 radical (unpaired) electrons. The zero-order valence-corrected chi connectivity index (χ0v) is 10.5. The summed E-state index contributed by atoms with van der Waals surface area (Å²) >= 11 is 0.354. The number of allylic oxidation sites excluding steroid dienone is 1. The van der Waals surface area contributed by atoms with Crippen LogP contribution in [0.1, 0.15) is 6.42 Å². The van der Waals surface area contributed by atoms with Crippen molar-refractivity contribution >= 4 is 30.2 Å². The van der Waals surface area contributed by atoms with Crippen molar-refractivity contribution in [3.8, 4) is 0 Å². The molecule has 0 amide bonds. The van der Waals surface area contributed by atoms with Gasteiger partial charge in [-0.25, -0.2) is 0 Å². The molecule has 1 aromatic carbocycles. The quantitative estimate of drug-likeness (QED) is 0.564. The van der Waals surface area contributed by atoms with Crippen molar-refractivity contribution in [2.45, 2.75) is 6.42 Å². The average Bonchev–Trinajstić information content (AvgIpc) is 2.25. The van der Waals surface area contributed by atoms with Gasteiger partial charge in [0.05, 0.1) is 0 Å². The third-order valence-corrected chi connectivity index (χ3v) is 6.39. The molecule has 0 saturated heterocycles. The van der Waals surface area contributed by atoms with Crippen molar-refractivity contribution in [2.24, 2.45) is 0 Å². The van der Waals surface area contributed by atoms with Crippen molar-refractivity contribution in [3.05, 3.63) is 43.0 Å². The molecule has 0 spiro atoms. The van der Waals surface area contributed by atoms with E-state index in [0.29, 0.717) is 15.0 Å². The molecule has 76 valence electrons. The van der Waals surface area contributed by atoms with Gasteiger partial charge in [-0.05, 0) is 0 Å². The molecule has 1 atom stereocenters. The standard InChI is InChI=1S/C11H14OSSe/c1-2-3-9-13(12)10-14-11-7-5-4-6-8-11/h2,4-8H,1,3,9-10H2. The molecular weight excluding hydrogens is 259 g/mol. The summed E-state index contributed by atoms with van der Waals surface area (Å²) in [6.07, 6.45) is 2.69. The van der Waals surface area contributed by atoms with Crippen molar-refractivity contribution in [1.82, 2.24) is 0 Å². The van der Waals surface area contributed by atoms with Gasteiger partial charge in [0.15, 0.2) is 0 Å². The Morgan fingerprint density at radius 2 is 2.07 bits per heavy atom. The van der Waals surface area contributed by atoms with Crippen LogP contribution in [-0.2, 0) is 10.8 Å². The van der Waals surface area contributed by atoms with E-state index in [1.54, 1.807) is 0 Å². The zero-order chi connectivity index (χ0) is 10.2. The summed E-state index contributed by atoms with van der Waals surface area (Å²) in [5, 5.41) is 0. The second-order valence-electron chi connectivity index (χ2n) is 2.80. The fraction of sp³-hybridized carbons (Fsp3) is 0.273. The molecule has 0 bridgehead atoms. The Morgan fingerprint density at radius 1 is 1.36 bits per heavy atom. The van der Waals surface area contributed by atoms with E-state index in [2.05, 4.69) is 18.7 Å². The molecule has 0 aliphatic rings. The van der Waals surface area contributed by atoms with E-state index < -0.39 is 10.8 Å². The normalized spacial score (nSPS) is 12.3. The van der Waals surface area contributed by atoms with E-state index in [4.69, 9.17) is 0 Å². The van der Waals surface area contributed by atoms with Gasteiger partial charge in [0, 0.05) is 0 Å². The molecule has 0 N–H and O–H groups in total. The molecule has 1 aromatic rings. The first-order valence-electron chi connectivity index (χ1n) is 4.46. The first-order chi connectivity index (χ1) is 6.83. The van der Waals surface area contributed by atoms with Gasteiger partial charge in [0.1, 0.15) is 0 Å². The average molecular weight is 273 g/mol. The fourth-order valence-electron chi connectivity index (χ4n) is 0.924. The molecule has 14 heavy (non-hydrogen) atoms. The zero-order valence-electron chi connectivity index (χ0n) is 8.02. The van der Waals surface area contributed by atoms with E-state index >= 15 is 0 Å². The van der Waals surface area contributed by atoms with Gasteiger partial charge < -0.3 is 0 Å². The van der Waals surface area contributed by atoms with Gasteiger partial charge in [-0.2, -0.15) is 0 Å². The summed E-state index contributed by atoms with van der Waals surface area (Å²) in [5.41, 5.74) is 0. The minimum absolute atomic E-state index is 0.354. The molecule has 1 nitrogen and oxygen atoms in total. The molecule has 1 unspecified atom stereocenters. The predicted octanol–water partition coefficient (Wildman–Crippen LogP) is 1.30. The van der Waals surface area contributed by atoms with Gasteiger partial charge in [-0.1, -0.05) is 0 Å². The van der Waals surface area contributed by atoms with Gasteiger partial charge in [0.25, 0.3) is 0 Å². The third-order valence-electron chi connectivity index (χ3n) is 1.65. The monoisotopic (exact) mass is 274 g/mol. The molecule has 3 heteroatoms. The molecule has 1 rings (SSSR count). The Labute approximate surface area is 94.2 Å². The second-order valence-corrected chi connectivity index (χ2v) is 7.40. The van der Waals surface area contributed by atoms with Crippen LogP contribution >= 0.6 is 0 Å². The Balaban J connectivity index is 2.27.